The van der Waals surface area contributed by atoms with Gasteiger partial charge in [-0.2, -0.15) is 0 Å². The van der Waals surface area contributed by atoms with Gasteiger partial charge in [0.25, 0.3) is 0 Å². The largest absolute Gasteiger partial charge is 0.311 e. The summed E-state index contributed by atoms with van der Waals surface area (Å²) >= 11 is 0. The van der Waals surface area contributed by atoms with Crippen LogP contribution in [0.25, 0.3) is 0 Å². The lowest BCUT2D eigenvalue weighted by Gasteiger charge is -2.29. The SMILES string of the molecule is CCN(C(=O)[C@H]1CCCCN1)c1ccc(F)cc1. The van der Waals surface area contributed by atoms with Crippen molar-refractivity contribution in [3.8, 4) is 0 Å². The van der Waals surface area contributed by atoms with E-state index in [1.54, 1.807) is 17.0 Å². The van der Waals surface area contributed by atoms with Gasteiger partial charge in [-0.25, -0.2) is 4.39 Å². The van der Waals surface area contributed by atoms with E-state index in [0.29, 0.717) is 6.54 Å². The van der Waals surface area contributed by atoms with E-state index < -0.39 is 0 Å². The van der Waals surface area contributed by atoms with Crippen LogP contribution >= 0.6 is 0 Å². The molecular formula is C14H19FN2O. The Labute approximate surface area is 107 Å². The molecule has 1 aliphatic rings. The number of halogens is 1. The average Bonchev–Trinajstić information content (AvgIpc) is 2.42. The smallest absolute Gasteiger partial charge is 0.244 e. The van der Waals surface area contributed by atoms with Gasteiger partial charge < -0.3 is 10.2 Å². The molecule has 0 radical (unpaired) electrons. The highest BCUT2D eigenvalue weighted by Gasteiger charge is 2.25. The van der Waals surface area contributed by atoms with Crippen LogP contribution in [0.2, 0.25) is 0 Å². The lowest BCUT2D eigenvalue weighted by atomic mass is 10.0. The Morgan fingerprint density at radius 1 is 1.39 bits per heavy atom. The molecule has 0 spiro atoms. The molecule has 1 fully saturated rings. The van der Waals surface area contributed by atoms with Gasteiger partial charge in [-0.05, 0) is 50.6 Å². The Bertz CT molecular complexity index is 399. The quantitative estimate of drug-likeness (QED) is 0.893. The fourth-order valence-corrected chi connectivity index (χ4v) is 2.34. The topological polar surface area (TPSA) is 32.3 Å². The predicted molar refractivity (Wildman–Crippen MR) is 70.1 cm³/mol. The van der Waals surface area contributed by atoms with Crippen LogP contribution in [0, 0.1) is 5.82 Å². The molecule has 0 unspecified atom stereocenters. The molecule has 1 N–H and O–H groups in total. The van der Waals surface area contributed by atoms with E-state index >= 15 is 0 Å². The summed E-state index contributed by atoms with van der Waals surface area (Å²) in [5, 5.41) is 3.25. The second-order valence-electron chi connectivity index (χ2n) is 4.56. The van der Waals surface area contributed by atoms with Crippen molar-refractivity contribution in [2.24, 2.45) is 0 Å². The van der Waals surface area contributed by atoms with E-state index in [1.807, 2.05) is 6.92 Å². The van der Waals surface area contributed by atoms with Gasteiger partial charge in [0.05, 0.1) is 6.04 Å². The van der Waals surface area contributed by atoms with Crippen molar-refractivity contribution in [2.75, 3.05) is 18.0 Å². The number of benzene rings is 1. The Balaban J connectivity index is 2.12. The number of rotatable bonds is 3. The number of carbonyl (C=O) groups excluding carboxylic acids is 1. The molecule has 1 atom stereocenters. The van der Waals surface area contributed by atoms with Crippen molar-refractivity contribution >= 4 is 11.6 Å². The van der Waals surface area contributed by atoms with Gasteiger partial charge in [-0.3, -0.25) is 4.79 Å². The van der Waals surface area contributed by atoms with Crippen LogP contribution in [-0.2, 0) is 4.79 Å². The molecule has 0 aliphatic carbocycles. The van der Waals surface area contributed by atoms with E-state index in [9.17, 15) is 9.18 Å². The Kier molecular flexibility index (Phi) is 4.31. The zero-order valence-electron chi connectivity index (χ0n) is 10.7. The van der Waals surface area contributed by atoms with Crippen molar-refractivity contribution in [1.82, 2.24) is 5.32 Å². The minimum Gasteiger partial charge on any atom is -0.311 e. The van der Waals surface area contributed by atoms with Crippen LogP contribution in [0.3, 0.4) is 0 Å². The molecule has 98 valence electrons. The van der Waals surface area contributed by atoms with Crippen molar-refractivity contribution in [2.45, 2.75) is 32.2 Å². The van der Waals surface area contributed by atoms with Gasteiger partial charge in [0.1, 0.15) is 5.82 Å². The summed E-state index contributed by atoms with van der Waals surface area (Å²) < 4.78 is 12.9. The Morgan fingerprint density at radius 3 is 2.67 bits per heavy atom. The maximum Gasteiger partial charge on any atom is 0.244 e. The zero-order valence-corrected chi connectivity index (χ0v) is 10.7. The maximum atomic E-state index is 12.9. The number of piperidine rings is 1. The molecule has 1 aliphatic heterocycles. The number of carbonyl (C=O) groups is 1. The number of nitrogens with zero attached hydrogens (tertiary/aromatic N) is 1. The summed E-state index contributed by atoms with van der Waals surface area (Å²) in [6.07, 6.45) is 3.10. The van der Waals surface area contributed by atoms with Crippen LogP contribution < -0.4 is 10.2 Å². The molecule has 4 heteroatoms. The number of nitrogens with one attached hydrogen (secondary N) is 1. The first-order valence-electron chi connectivity index (χ1n) is 6.52. The molecule has 0 bridgehead atoms. The van der Waals surface area contributed by atoms with Gasteiger partial charge in [0.15, 0.2) is 0 Å². The summed E-state index contributed by atoms with van der Waals surface area (Å²) in [7, 11) is 0. The number of likely N-dealkylation sites (N-methyl/N-ethyl adjacent to an activating group) is 1. The van der Waals surface area contributed by atoms with Gasteiger partial charge in [-0.15, -0.1) is 0 Å². The molecule has 1 amide bonds. The molecular weight excluding hydrogens is 231 g/mol. The molecule has 0 saturated carbocycles. The van der Waals surface area contributed by atoms with Gasteiger partial charge in [0, 0.05) is 12.2 Å². The second kappa shape index (κ2) is 5.96. The fourth-order valence-electron chi connectivity index (χ4n) is 2.34. The van der Waals surface area contributed by atoms with Crippen LogP contribution in [0.4, 0.5) is 10.1 Å². The molecule has 1 aromatic rings. The molecule has 1 saturated heterocycles. The summed E-state index contributed by atoms with van der Waals surface area (Å²) in [4.78, 5) is 14.1. The van der Waals surface area contributed by atoms with Crippen LogP contribution in [-0.4, -0.2) is 25.0 Å². The van der Waals surface area contributed by atoms with Crippen LogP contribution in [0.5, 0.6) is 0 Å². The third-order valence-corrected chi connectivity index (χ3v) is 3.33. The molecule has 18 heavy (non-hydrogen) atoms. The predicted octanol–water partition coefficient (Wildman–Crippen LogP) is 2.32. The van der Waals surface area contributed by atoms with Gasteiger partial charge >= 0.3 is 0 Å². The first-order valence-corrected chi connectivity index (χ1v) is 6.52. The van der Waals surface area contributed by atoms with E-state index in [-0.39, 0.29) is 17.8 Å². The molecule has 2 rings (SSSR count). The van der Waals surface area contributed by atoms with Gasteiger partial charge in [-0.1, -0.05) is 6.42 Å². The number of hydrogen-bond acceptors (Lipinski definition) is 2. The monoisotopic (exact) mass is 250 g/mol. The van der Waals surface area contributed by atoms with Crippen LogP contribution in [0.1, 0.15) is 26.2 Å². The molecule has 1 heterocycles. The lowest BCUT2D eigenvalue weighted by Crippen LogP contribution is -2.48. The van der Waals surface area contributed by atoms with Crippen molar-refractivity contribution in [3.05, 3.63) is 30.1 Å². The van der Waals surface area contributed by atoms with E-state index in [4.69, 9.17) is 0 Å². The average molecular weight is 250 g/mol. The van der Waals surface area contributed by atoms with E-state index in [1.165, 1.54) is 12.1 Å². The Hall–Kier alpha value is -1.42. The van der Waals surface area contributed by atoms with Crippen molar-refractivity contribution < 1.29 is 9.18 Å². The molecule has 1 aromatic carbocycles. The summed E-state index contributed by atoms with van der Waals surface area (Å²) in [5.74, 6) is -0.193. The maximum absolute atomic E-state index is 12.9. The molecule has 0 aromatic heterocycles. The summed E-state index contributed by atoms with van der Waals surface area (Å²) in [6.45, 7) is 3.43. The minimum atomic E-state index is -0.280. The fraction of sp³-hybridized carbons (Fsp3) is 0.500. The number of amides is 1. The third-order valence-electron chi connectivity index (χ3n) is 3.33. The highest BCUT2D eigenvalue weighted by atomic mass is 19.1. The highest BCUT2D eigenvalue weighted by molar-refractivity contribution is 5.97. The highest BCUT2D eigenvalue weighted by Crippen LogP contribution is 2.18. The van der Waals surface area contributed by atoms with Gasteiger partial charge in [0.2, 0.25) is 5.91 Å². The molecule has 3 nitrogen and oxygen atoms in total. The first kappa shape index (κ1) is 13.0. The standard InChI is InChI=1S/C14H19FN2O/c1-2-17(12-8-6-11(15)7-9-12)14(18)13-5-3-4-10-16-13/h6-9,13,16H,2-5,10H2,1H3/t13-/m1/s1. The minimum absolute atomic E-state index is 0.0869. The zero-order chi connectivity index (χ0) is 13.0. The number of hydrogen-bond donors (Lipinski definition) is 1. The lowest BCUT2D eigenvalue weighted by molar-refractivity contribution is -0.121. The van der Waals surface area contributed by atoms with E-state index in [2.05, 4.69) is 5.32 Å². The van der Waals surface area contributed by atoms with Crippen molar-refractivity contribution in [1.29, 1.82) is 0 Å². The first-order chi connectivity index (χ1) is 8.72. The summed E-state index contributed by atoms with van der Waals surface area (Å²) in [6, 6.07) is 5.99. The Morgan fingerprint density at radius 2 is 2.11 bits per heavy atom. The van der Waals surface area contributed by atoms with Crippen molar-refractivity contribution in [3.63, 3.8) is 0 Å². The normalized spacial score (nSPS) is 19.6. The number of anilines is 1. The second-order valence-corrected chi connectivity index (χ2v) is 4.56. The third kappa shape index (κ3) is 2.88. The van der Waals surface area contributed by atoms with Crippen LogP contribution in [0.15, 0.2) is 24.3 Å². The van der Waals surface area contributed by atoms with E-state index in [0.717, 1.165) is 31.5 Å². The summed E-state index contributed by atoms with van der Waals surface area (Å²) in [5.41, 5.74) is 0.760.